The van der Waals surface area contributed by atoms with Crippen LogP contribution in [-0.4, -0.2) is 49.6 Å². The summed E-state index contributed by atoms with van der Waals surface area (Å²) < 4.78 is 6.03. The van der Waals surface area contributed by atoms with Crippen molar-refractivity contribution in [3.05, 3.63) is 34.9 Å². The van der Waals surface area contributed by atoms with Gasteiger partial charge in [-0.1, -0.05) is 23.8 Å². The molecule has 3 N–H and O–H groups in total. The van der Waals surface area contributed by atoms with Crippen LogP contribution < -0.4 is 11.1 Å². The molecule has 0 spiro atoms. The van der Waals surface area contributed by atoms with Crippen molar-refractivity contribution >= 4 is 11.9 Å². The molecule has 144 valence electrons. The van der Waals surface area contributed by atoms with E-state index in [4.69, 9.17) is 10.5 Å². The van der Waals surface area contributed by atoms with Crippen LogP contribution in [0.3, 0.4) is 0 Å². The van der Waals surface area contributed by atoms with Crippen LogP contribution in [0, 0.1) is 19.3 Å². The quantitative estimate of drug-likeness (QED) is 0.623. The van der Waals surface area contributed by atoms with E-state index < -0.39 is 5.41 Å². The number of ether oxygens (including phenoxy) is 1. The lowest BCUT2D eigenvalue weighted by molar-refractivity contribution is -0.125. The van der Waals surface area contributed by atoms with Crippen molar-refractivity contribution in [3.8, 4) is 0 Å². The molecule has 0 bridgehead atoms. The van der Waals surface area contributed by atoms with Gasteiger partial charge in [-0.05, 0) is 45.7 Å². The van der Waals surface area contributed by atoms with Crippen molar-refractivity contribution in [1.29, 1.82) is 0 Å². The molecular weight excluding hydrogens is 328 g/mol. The molecule has 1 aromatic rings. The number of morpholine rings is 1. The molecule has 0 aromatic heterocycles. The zero-order valence-electron chi connectivity index (χ0n) is 16.6. The summed E-state index contributed by atoms with van der Waals surface area (Å²) in [6, 6.07) is 6.46. The first kappa shape index (κ1) is 20.2. The van der Waals surface area contributed by atoms with Crippen molar-refractivity contribution in [1.82, 2.24) is 10.2 Å². The number of nitrogens with two attached hydrogens (primary N) is 1. The standard InChI is InChI=1S/C20H32N4O2/c1-6-22-19(23-13-20(4,5)18(21)25)24-9-10-26-17(12-24)16-8-7-14(2)11-15(16)3/h7-8,11,17H,6,9-10,12-13H2,1-5H3,(H2,21,25)(H,22,23). The number of amides is 1. The topological polar surface area (TPSA) is 79.9 Å². The maximum absolute atomic E-state index is 11.6. The van der Waals surface area contributed by atoms with E-state index in [0.717, 1.165) is 25.6 Å². The summed E-state index contributed by atoms with van der Waals surface area (Å²) in [6.07, 6.45) is 0.0114. The van der Waals surface area contributed by atoms with Crippen molar-refractivity contribution in [3.63, 3.8) is 0 Å². The van der Waals surface area contributed by atoms with E-state index in [0.29, 0.717) is 13.2 Å². The minimum atomic E-state index is -0.667. The van der Waals surface area contributed by atoms with E-state index in [-0.39, 0.29) is 12.0 Å². The van der Waals surface area contributed by atoms with Crippen LogP contribution in [0.25, 0.3) is 0 Å². The second-order valence-corrected chi connectivity index (χ2v) is 7.58. The third-order valence-electron chi connectivity index (χ3n) is 4.76. The van der Waals surface area contributed by atoms with E-state index in [9.17, 15) is 4.79 Å². The van der Waals surface area contributed by atoms with Gasteiger partial charge in [0.1, 0.15) is 6.10 Å². The molecule has 6 nitrogen and oxygen atoms in total. The smallest absolute Gasteiger partial charge is 0.224 e. The zero-order valence-corrected chi connectivity index (χ0v) is 16.6. The van der Waals surface area contributed by atoms with E-state index in [1.54, 1.807) is 0 Å². The Labute approximate surface area is 156 Å². The predicted octanol–water partition coefficient (Wildman–Crippen LogP) is 2.15. The summed E-state index contributed by atoms with van der Waals surface area (Å²) >= 11 is 0. The average Bonchev–Trinajstić information content (AvgIpc) is 2.58. The Bertz CT molecular complexity index is 670. The van der Waals surface area contributed by atoms with Gasteiger partial charge < -0.3 is 20.7 Å². The lowest BCUT2D eigenvalue weighted by Crippen LogP contribution is -2.49. The average molecular weight is 361 g/mol. The molecule has 26 heavy (non-hydrogen) atoms. The number of nitrogens with zero attached hydrogens (tertiary/aromatic N) is 2. The maximum atomic E-state index is 11.6. The molecule has 0 saturated carbocycles. The number of nitrogens with one attached hydrogen (secondary N) is 1. The van der Waals surface area contributed by atoms with Crippen LogP contribution >= 0.6 is 0 Å². The molecule has 1 heterocycles. The normalized spacial score (nSPS) is 18.7. The van der Waals surface area contributed by atoms with Crippen LogP contribution in [0.1, 0.15) is 43.6 Å². The number of aliphatic imine (C=N–C) groups is 1. The Balaban J connectivity index is 2.17. The Hall–Kier alpha value is -2.08. The predicted molar refractivity (Wildman–Crippen MR) is 105 cm³/mol. The molecule has 2 rings (SSSR count). The van der Waals surface area contributed by atoms with E-state index in [1.165, 1.54) is 16.7 Å². The fourth-order valence-electron chi connectivity index (χ4n) is 2.99. The number of guanidine groups is 1. The fourth-order valence-corrected chi connectivity index (χ4v) is 2.99. The Morgan fingerprint density at radius 1 is 1.42 bits per heavy atom. The second-order valence-electron chi connectivity index (χ2n) is 7.58. The highest BCUT2D eigenvalue weighted by molar-refractivity contribution is 5.82. The van der Waals surface area contributed by atoms with Gasteiger partial charge >= 0.3 is 0 Å². The molecule has 1 amide bonds. The number of hydrogen-bond acceptors (Lipinski definition) is 3. The van der Waals surface area contributed by atoms with E-state index in [1.807, 2.05) is 20.8 Å². The minimum Gasteiger partial charge on any atom is -0.370 e. The van der Waals surface area contributed by atoms with Gasteiger partial charge in [-0.15, -0.1) is 0 Å². The van der Waals surface area contributed by atoms with Crippen LogP contribution in [-0.2, 0) is 9.53 Å². The molecule has 6 heteroatoms. The number of hydrogen-bond donors (Lipinski definition) is 2. The van der Waals surface area contributed by atoms with Crippen LogP contribution in [0.2, 0.25) is 0 Å². The van der Waals surface area contributed by atoms with Gasteiger partial charge in [0, 0.05) is 13.1 Å². The SMILES string of the molecule is CCNC(=NCC(C)(C)C(N)=O)N1CCOC(c2ccc(C)cc2C)C1. The third-order valence-corrected chi connectivity index (χ3v) is 4.76. The molecule has 1 aromatic carbocycles. The zero-order chi connectivity index (χ0) is 19.3. The number of aryl methyl sites for hydroxylation is 2. The van der Waals surface area contributed by atoms with E-state index >= 15 is 0 Å². The van der Waals surface area contributed by atoms with Gasteiger partial charge in [0.2, 0.25) is 5.91 Å². The summed E-state index contributed by atoms with van der Waals surface area (Å²) in [6.45, 7) is 13.2. The van der Waals surface area contributed by atoms with Crippen molar-refractivity contribution < 1.29 is 9.53 Å². The summed E-state index contributed by atoms with van der Waals surface area (Å²) in [5.41, 5.74) is 8.52. The molecule has 1 aliphatic rings. The van der Waals surface area contributed by atoms with Gasteiger partial charge in [-0.3, -0.25) is 9.79 Å². The number of carbonyl (C=O) groups is 1. The number of primary amides is 1. The molecule has 0 radical (unpaired) electrons. The van der Waals surface area contributed by atoms with Crippen molar-refractivity contribution in [2.45, 2.75) is 40.7 Å². The van der Waals surface area contributed by atoms with Gasteiger partial charge in [0.15, 0.2) is 5.96 Å². The summed E-state index contributed by atoms with van der Waals surface area (Å²) in [5, 5.41) is 3.33. The van der Waals surface area contributed by atoms with Gasteiger partial charge in [-0.25, -0.2) is 0 Å². The van der Waals surface area contributed by atoms with E-state index in [2.05, 4.69) is 47.3 Å². The minimum absolute atomic E-state index is 0.0114. The largest absolute Gasteiger partial charge is 0.370 e. The number of rotatable bonds is 5. The lowest BCUT2D eigenvalue weighted by atomic mass is 9.93. The maximum Gasteiger partial charge on any atom is 0.224 e. The molecule has 1 fully saturated rings. The highest BCUT2D eigenvalue weighted by Gasteiger charge is 2.28. The van der Waals surface area contributed by atoms with Crippen LogP contribution in [0.5, 0.6) is 0 Å². The third kappa shape index (κ3) is 4.97. The van der Waals surface area contributed by atoms with Gasteiger partial charge in [-0.2, -0.15) is 0 Å². The molecule has 1 atom stereocenters. The Morgan fingerprint density at radius 3 is 2.77 bits per heavy atom. The first-order chi connectivity index (χ1) is 12.2. The summed E-state index contributed by atoms with van der Waals surface area (Å²) in [4.78, 5) is 18.4. The van der Waals surface area contributed by atoms with Gasteiger partial charge in [0.25, 0.3) is 0 Å². The molecule has 1 unspecified atom stereocenters. The van der Waals surface area contributed by atoms with Crippen molar-refractivity contribution in [2.75, 3.05) is 32.8 Å². The van der Waals surface area contributed by atoms with Crippen molar-refractivity contribution in [2.24, 2.45) is 16.1 Å². The highest BCUT2D eigenvalue weighted by atomic mass is 16.5. The fraction of sp³-hybridized carbons (Fsp3) is 0.600. The van der Waals surface area contributed by atoms with Crippen LogP contribution in [0.4, 0.5) is 0 Å². The number of benzene rings is 1. The molecule has 1 saturated heterocycles. The Kier molecular flexibility index (Phi) is 6.64. The number of carbonyl (C=O) groups excluding carboxylic acids is 1. The lowest BCUT2D eigenvalue weighted by Gasteiger charge is -2.36. The monoisotopic (exact) mass is 360 g/mol. The molecular formula is C20H32N4O2. The van der Waals surface area contributed by atoms with Crippen LogP contribution in [0.15, 0.2) is 23.2 Å². The highest BCUT2D eigenvalue weighted by Crippen LogP contribution is 2.26. The first-order valence-corrected chi connectivity index (χ1v) is 9.26. The summed E-state index contributed by atoms with van der Waals surface area (Å²) in [7, 11) is 0. The van der Waals surface area contributed by atoms with Gasteiger partial charge in [0.05, 0.1) is 25.1 Å². The second kappa shape index (κ2) is 8.54. The summed E-state index contributed by atoms with van der Waals surface area (Å²) in [5.74, 6) is 0.465. The first-order valence-electron chi connectivity index (χ1n) is 9.26. The molecule has 0 aliphatic carbocycles. The Morgan fingerprint density at radius 2 is 2.15 bits per heavy atom. The molecule has 1 aliphatic heterocycles.